The lowest BCUT2D eigenvalue weighted by Gasteiger charge is -2.30. The van der Waals surface area contributed by atoms with Crippen molar-refractivity contribution in [2.45, 2.75) is 30.7 Å². The van der Waals surface area contributed by atoms with E-state index in [1.54, 1.807) is 11.8 Å². The topological polar surface area (TPSA) is 46.3 Å². The molecule has 1 aromatic carbocycles. The van der Waals surface area contributed by atoms with Crippen molar-refractivity contribution in [1.29, 1.82) is 0 Å². The average molecular weight is 301 g/mol. The number of aryl methyl sites for hydroxylation is 1. The minimum Gasteiger partial charge on any atom is -0.339 e. The minimum atomic E-state index is 0. The van der Waals surface area contributed by atoms with Crippen molar-refractivity contribution in [2.24, 2.45) is 5.73 Å². The molecule has 0 saturated carbocycles. The van der Waals surface area contributed by atoms with Crippen LogP contribution in [0, 0.1) is 6.92 Å². The number of amides is 1. The van der Waals surface area contributed by atoms with E-state index in [2.05, 4.69) is 6.07 Å². The molecule has 1 amide bonds. The first kappa shape index (κ1) is 16.3. The molecule has 2 N–H and O–H groups in total. The van der Waals surface area contributed by atoms with Crippen LogP contribution in [0.25, 0.3) is 0 Å². The van der Waals surface area contributed by atoms with Gasteiger partial charge >= 0.3 is 0 Å². The Labute approximate surface area is 125 Å². The van der Waals surface area contributed by atoms with Crippen LogP contribution in [-0.2, 0) is 0 Å². The standard InChI is InChI=1S/C14H20N2OS.ClH/c1-10-3-4-12(18-2)9-13(10)14(17)16-7-5-11(15)6-8-16;/h3-4,9,11H,5-8,15H2,1-2H3;1H. The zero-order valence-electron chi connectivity index (χ0n) is 11.4. The summed E-state index contributed by atoms with van der Waals surface area (Å²) in [6.07, 6.45) is 3.85. The molecule has 1 aliphatic heterocycles. The second-order valence-electron chi connectivity index (χ2n) is 4.81. The fourth-order valence-corrected chi connectivity index (χ4v) is 2.67. The van der Waals surface area contributed by atoms with Crippen molar-refractivity contribution in [3.8, 4) is 0 Å². The van der Waals surface area contributed by atoms with Crippen LogP contribution in [0.5, 0.6) is 0 Å². The van der Waals surface area contributed by atoms with Crippen molar-refractivity contribution in [1.82, 2.24) is 4.90 Å². The first-order valence-electron chi connectivity index (χ1n) is 6.31. The van der Waals surface area contributed by atoms with Crippen molar-refractivity contribution in [2.75, 3.05) is 19.3 Å². The number of nitrogens with two attached hydrogens (primary N) is 1. The lowest BCUT2D eigenvalue weighted by atomic mass is 10.0. The maximum Gasteiger partial charge on any atom is 0.254 e. The highest BCUT2D eigenvalue weighted by molar-refractivity contribution is 7.98. The number of halogens is 1. The zero-order valence-corrected chi connectivity index (χ0v) is 13.0. The van der Waals surface area contributed by atoms with E-state index in [4.69, 9.17) is 5.73 Å². The lowest BCUT2D eigenvalue weighted by molar-refractivity contribution is 0.0714. The number of thioether (sulfide) groups is 1. The molecule has 106 valence electrons. The van der Waals surface area contributed by atoms with Crippen molar-refractivity contribution >= 4 is 30.1 Å². The van der Waals surface area contributed by atoms with Gasteiger partial charge in [0.1, 0.15) is 0 Å². The van der Waals surface area contributed by atoms with Gasteiger partial charge in [0.05, 0.1) is 0 Å². The van der Waals surface area contributed by atoms with Crippen LogP contribution in [0.15, 0.2) is 23.1 Å². The lowest BCUT2D eigenvalue weighted by Crippen LogP contribution is -2.43. The Morgan fingerprint density at radius 1 is 1.37 bits per heavy atom. The smallest absolute Gasteiger partial charge is 0.254 e. The second-order valence-corrected chi connectivity index (χ2v) is 5.69. The molecule has 1 fully saturated rings. The van der Waals surface area contributed by atoms with E-state index in [1.165, 1.54) is 0 Å². The van der Waals surface area contributed by atoms with Gasteiger partial charge in [-0.3, -0.25) is 4.79 Å². The molecule has 0 aromatic heterocycles. The zero-order chi connectivity index (χ0) is 13.1. The van der Waals surface area contributed by atoms with Crippen molar-refractivity contribution in [3.63, 3.8) is 0 Å². The molecule has 3 nitrogen and oxygen atoms in total. The molecule has 1 saturated heterocycles. The van der Waals surface area contributed by atoms with Gasteiger partial charge < -0.3 is 10.6 Å². The van der Waals surface area contributed by atoms with Gasteiger partial charge in [-0.1, -0.05) is 6.07 Å². The number of nitrogens with zero attached hydrogens (tertiary/aromatic N) is 1. The monoisotopic (exact) mass is 300 g/mol. The summed E-state index contributed by atoms with van der Waals surface area (Å²) in [7, 11) is 0. The van der Waals surface area contributed by atoms with Crippen molar-refractivity contribution < 1.29 is 4.79 Å². The number of likely N-dealkylation sites (tertiary alicyclic amines) is 1. The van der Waals surface area contributed by atoms with Crippen LogP contribution in [0.3, 0.4) is 0 Å². The summed E-state index contributed by atoms with van der Waals surface area (Å²) >= 11 is 1.67. The Morgan fingerprint density at radius 2 is 2.00 bits per heavy atom. The second kappa shape index (κ2) is 7.17. The summed E-state index contributed by atoms with van der Waals surface area (Å²) in [5.41, 5.74) is 7.75. The average Bonchev–Trinajstić information content (AvgIpc) is 2.39. The number of carbonyl (C=O) groups excluding carboxylic acids is 1. The molecule has 5 heteroatoms. The number of benzene rings is 1. The molecule has 0 aliphatic carbocycles. The molecule has 2 rings (SSSR count). The normalized spacial score (nSPS) is 16.1. The molecule has 0 atom stereocenters. The van der Waals surface area contributed by atoms with Crippen LogP contribution in [0.2, 0.25) is 0 Å². The first-order valence-corrected chi connectivity index (χ1v) is 7.54. The van der Waals surface area contributed by atoms with Gasteiger partial charge in [0.2, 0.25) is 0 Å². The van der Waals surface area contributed by atoms with Crippen LogP contribution in [0.1, 0.15) is 28.8 Å². The van der Waals surface area contributed by atoms with E-state index >= 15 is 0 Å². The van der Waals surface area contributed by atoms with Crippen LogP contribution in [-0.4, -0.2) is 36.2 Å². The predicted molar refractivity (Wildman–Crippen MR) is 83.3 cm³/mol. The molecule has 0 spiro atoms. The summed E-state index contributed by atoms with van der Waals surface area (Å²) < 4.78 is 0. The Kier molecular flexibility index (Phi) is 6.17. The highest BCUT2D eigenvalue weighted by Gasteiger charge is 2.22. The summed E-state index contributed by atoms with van der Waals surface area (Å²) in [6.45, 7) is 3.55. The van der Waals surface area contributed by atoms with Gasteiger partial charge in [-0.05, 0) is 43.7 Å². The van der Waals surface area contributed by atoms with Gasteiger partial charge in [-0.25, -0.2) is 0 Å². The van der Waals surface area contributed by atoms with Crippen LogP contribution in [0.4, 0.5) is 0 Å². The SMILES string of the molecule is CSc1ccc(C)c(C(=O)N2CCC(N)CC2)c1.Cl. The summed E-state index contributed by atoms with van der Waals surface area (Å²) in [5, 5.41) is 0. The predicted octanol–water partition coefficient (Wildman–Crippen LogP) is 2.70. The number of hydrogen-bond donors (Lipinski definition) is 1. The Balaban J connectivity index is 0.00000180. The van der Waals surface area contributed by atoms with E-state index in [9.17, 15) is 4.79 Å². The van der Waals surface area contributed by atoms with Crippen LogP contribution >= 0.6 is 24.2 Å². The summed E-state index contributed by atoms with van der Waals surface area (Å²) in [6, 6.07) is 6.34. The maximum absolute atomic E-state index is 12.5. The molecule has 0 unspecified atom stereocenters. The number of rotatable bonds is 2. The molecule has 0 bridgehead atoms. The first-order chi connectivity index (χ1) is 8.61. The van der Waals surface area contributed by atoms with Crippen LogP contribution < -0.4 is 5.73 Å². The van der Waals surface area contributed by atoms with E-state index in [0.29, 0.717) is 0 Å². The largest absolute Gasteiger partial charge is 0.339 e. The molecular weight excluding hydrogens is 280 g/mol. The quantitative estimate of drug-likeness (QED) is 0.854. The number of piperidine rings is 1. The van der Waals surface area contributed by atoms with E-state index in [-0.39, 0.29) is 24.4 Å². The van der Waals surface area contributed by atoms with Crippen molar-refractivity contribution in [3.05, 3.63) is 29.3 Å². The van der Waals surface area contributed by atoms with E-state index in [1.807, 2.05) is 30.2 Å². The number of hydrogen-bond acceptors (Lipinski definition) is 3. The fourth-order valence-electron chi connectivity index (χ4n) is 2.23. The summed E-state index contributed by atoms with van der Waals surface area (Å²) in [5.74, 6) is 0.148. The van der Waals surface area contributed by atoms with Gasteiger partial charge in [0.15, 0.2) is 0 Å². The molecule has 0 radical (unpaired) electrons. The molecule has 1 heterocycles. The third kappa shape index (κ3) is 3.88. The molecule has 19 heavy (non-hydrogen) atoms. The molecule has 1 aromatic rings. The fraction of sp³-hybridized carbons (Fsp3) is 0.500. The highest BCUT2D eigenvalue weighted by Crippen LogP contribution is 2.21. The molecular formula is C14H21ClN2OS. The van der Waals surface area contributed by atoms with Gasteiger partial charge in [0.25, 0.3) is 5.91 Å². The Bertz CT molecular complexity index is 445. The van der Waals surface area contributed by atoms with E-state index < -0.39 is 0 Å². The third-order valence-corrected chi connectivity index (χ3v) is 4.23. The molecule has 1 aliphatic rings. The van der Waals surface area contributed by atoms with Gasteiger partial charge in [-0.15, -0.1) is 24.2 Å². The number of carbonyl (C=O) groups is 1. The maximum atomic E-state index is 12.5. The van der Waals surface area contributed by atoms with Gasteiger partial charge in [0, 0.05) is 29.6 Å². The van der Waals surface area contributed by atoms with Gasteiger partial charge in [-0.2, -0.15) is 0 Å². The summed E-state index contributed by atoms with van der Waals surface area (Å²) in [4.78, 5) is 15.5. The third-order valence-electron chi connectivity index (χ3n) is 3.50. The Hall–Kier alpha value is -0.710. The van der Waals surface area contributed by atoms with E-state index in [0.717, 1.165) is 42.0 Å². The minimum absolute atomic E-state index is 0. The highest BCUT2D eigenvalue weighted by atomic mass is 35.5. The Morgan fingerprint density at radius 3 is 2.58 bits per heavy atom.